The summed E-state index contributed by atoms with van der Waals surface area (Å²) in [5.41, 5.74) is 9.87. The third kappa shape index (κ3) is 6.27. The molecule has 5 aromatic rings. The van der Waals surface area contributed by atoms with Crippen LogP contribution in [0.3, 0.4) is 0 Å². The highest BCUT2D eigenvalue weighted by Crippen LogP contribution is 2.38. The number of imidazole rings is 1. The lowest BCUT2D eigenvalue weighted by atomic mass is 10.1. The summed E-state index contributed by atoms with van der Waals surface area (Å²) >= 11 is 2.67. The fourth-order valence-corrected chi connectivity index (χ4v) is 5.65. The van der Waals surface area contributed by atoms with Gasteiger partial charge in [-0.2, -0.15) is 0 Å². The van der Waals surface area contributed by atoms with Crippen molar-refractivity contribution in [3.63, 3.8) is 0 Å². The van der Waals surface area contributed by atoms with Gasteiger partial charge in [-0.1, -0.05) is 29.5 Å². The number of benzene rings is 2. The summed E-state index contributed by atoms with van der Waals surface area (Å²) < 4.78 is 7.11. The summed E-state index contributed by atoms with van der Waals surface area (Å²) in [4.78, 5) is 38.8. The molecule has 0 aliphatic heterocycles. The molecule has 13 heteroatoms. The molecule has 0 saturated carbocycles. The van der Waals surface area contributed by atoms with Crippen LogP contribution in [0.4, 0.5) is 21.4 Å². The van der Waals surface area contributed by atoms with Crippen LogP contribution in [0.1, 0.15) is 16.1 Å². The van der Waals surface area contributed by atoms with Gasteiger partial charge in [0.25, 0.3) is 5.91 Å². The van der Waals surface area contributed by atoms with Gasteiger partial charge in [0.2, 0.25) is 0 Å². The van der Waals surface area contributed by atoms with Crippen molar-refractivity contribution in [2.75, 3.05) is 30.0 Å². The molecule has 2 aromatic carbocycles. The number of hydrogen-bond donors (Lipinski definition) is 4. The number of anilines is 3. The highest BCUT2D eigenvalue weighted by atomic mass is 32.1. The largest absolute Gasteiger partial charge is 0.497 e. The molecular formula is C27H26N8O3S2. The number of nitrogen functional groups attached to an aromatic ring is 1. The summed E-state index contributed by atoms with van der Waals surface area (Å²) in [5.74, 6) is 0.655. The van der Waals surface area contributed by atoms with Gasteiger partial charge in [-0.25, -0.2) is 19.7 Å². The van der Waals surface area contributed by atoms with E-state index in [-0.39, 0.29) is 17.8 Å². The fourth-order valence-electron chi connectivity index (χ4n) is 3.84. The van der Waals surface area contributed by atoms with Crippen LogP contribution in [0, 0.1) is 0 Å². The second kappa shape index (κ2) is 12.0. The van der Waals surface area contributed by atoms with E-state index in [9.17, 15) is 9.59 Å². The number of rotatable bonds is 9. The predicted octanol–water partition coefficient (Wildman–Crippen LogP) is 4.87. The molecule has 0 spiro atoms. The quantitative estimate of drug-likeness (QED) is 0.196. The number of nitrogens with one attached hydrogen (secondary N) is 3. The lowest BCUT2D eigenvalue weighted by Crippen LogP contribution is -2.30. The first-order valence-corrected chi connectivity index (χ1v) is 13.9. The summed E-state index contributed by atoms with van der Waals surface area (Å²) in [6.45, 7) is 0.452. The van der Waals surface area contributed by atoms with Gasteiger partial charge in [0.05, 0.1) is 19.1 Å². The highest BCUT2D eigenvalue weighted by molar-refractivity contribution is 7.23. The molecule has 11 nitrogen and oxygen atoms in total. The summed E-state index contributed by atoms with van der Waals surface area (Å²) in [6, 6.07) is 14.0. The molecule has 3 amide bonds. The summed E-state index contributed by atoms with van der Waals surface area (Å²) in [6.07, 6.45) is 4.14. The minimum absolute atomic E-state index is 0.242. The van der Waals surface area contributed by atoms with E-state index in [1.807, 2.05) is 41.3 Å². The topological polar surface area (TPSA) is 149 Å². The maximum atomic E-state index is 12.7. The van der Waals surface area contributed by atoms with Gasteiger partial charge in [-0.3, -0.25) is 10.1 Å². The van der Waals surface area contributed by atoms with Gasteiger partial charge in [-0.05, 0) is 30.3 Å². The van der Waals surface area contributed by atoms with Gasteiger partial charge >= 0.3 is 6.03 Å². The average Bonchev–Trinajstić information content (AvgIpc) is 3.69. The fraction of sp³-hybridized carbons (Fsp3) is 0.148. The molecule has 3 heterocycles. The molecule has 0 aliphatic rings. The van der Waals surface area contributed by atoms with Crippen molar-refractivity contribution < 1.29 is 14.3 Å². The zero-order valence-corrected chi connectivity index (χ0v) is 23.3. The van der Waals surface area contributed by atoms with Crippen molar-refractivity contribution in [2.45, 2.75) is 6.42 Å². The molecule has 0 radical (unpaired) electrons. The molecule has 5 N–H and O–H groups in total. The molecule has 0 saturated heterocycles. The zero-order valence-electron chi connectivity index (χ0n) is 21.7. The number of methoxy groups -OCH3 is 1. The molecule has 0 unspecified atom stereocenters. The Hall–Kier alpha value is -4.75. The zero-order chi connectivity index (χ0) is 28.1. The number of aryl methyl sites for hydroxylation is 1. The van der Waals surface area contributed by atoms with Gasteiger partial charge in [0, 0.05) is 54.1 Å². The van der Waals surface area contributed by atoms with Crippen LogP contribution >= 0.6 is 22.7 Å². The third-order valence-electron chi connectivity index (χ3n) is 5.90. The van der Waals surface area contributed by atoms with E-state index in [1.54, 1.807) is 43.9 Å². The number of carbonyl (C=O) groups is 2. The number of thiazole rings is 2. The van der Waals surface area contributed by atoms with E-state index in [2.05, 4.69) is 25.9 Å². The molecule has 5 rings (SSSR count). The lowest BCUT2D eigenvalue weighted by Gasteiger charge is -2.08. The summed E-state index contributed by atoms with van der Waals surface area (Å²) in [7, 11) is 3.47. The van der Waals surface area contributed by atoms with E-state index in [1.165, 1.54) is 22.7 Å². The Labute approximate surface area is 238 Å². The molecular weight excluding hydrogens is 548 g/mol. The van der Waals surface area contributed by atoms with Crippen molar-refractivity contribution in [2.24, 2.45) is 7.05 Å². The number of ether oxygens (including phenoxy) is 1. The maximum absolute atomic E-state index is 12.7. The maximum Gasteiger partial charge on any atom is 0.321 e. The van der Waals surface area contributed by atoms with Crippen LogP contribution in [0.5, 0.6) is 5.75 Å². The van der Waals surface area contributed by atoms with Crippen molar-refractivity contribution >= 4 is 51.2 Å². The van der Waals surface area contributed by atoms with Crippen LogP contribution in [-0.4, -0.2) is 45.1 Å². The van der Waals surface area contributed by atoms with Crippen LogP contribution in [0.2, 0.25) is 0 Å². The minimum Gasteiger partial charge on any atom is -0.497 e. The number of amides is 3. The molecule has 204 valence electrons. The molecule has 0 atom stereocenters. The number of nitrogens with two attached hydrogens (primary N) is 1. The van der Waals surface area contributed by atoms with Crippen molar-refractivity contribution in [3.8, 4) is 26.9 Å². The Morgan fingerprint density at radius 1 is 1.10 bits per heavy atom. The Morgan fingerprint density at radius 2 is 1.95 bits per heavy atom. The van der Waals surface area contributed by atoms with Gasteiger partial charge < -0.3 is 25.7 Å². The molecule has 0 bridgehead atoms. The first-order chi connectivity index (χ1) is 19.4. The molecule has 0 aliphatic carbocycles. The number of urea groups is 1. The smallest absolute Gasteiger partial charge is 0.321 e. The van der Waals surface area contributed by atoms with E-state index in [0.29, 0.717) is 45.0 Å². The first kappa shape index (κ1) is 26.8. The van der Waals surface area contributed by atoms with Crippen molar-refractivity contribution in [3.05, 3.63) is 77.7 Å². The molecule has 3 aromatic heterocycles. The normalized spacial score (nSPS) is 10.8. The molecule has 40 heavy (non-hydrogen) atoms. The van der Waals surface area contributed by atoms with Crippen LogP contribution < -0.4 is 26.4 Å². The van der Waals surface area contributed by atoms with Crippen LogP contribution in [0.15, 0.2) is 66.4 Å². The number of aromatic nitrogens is 4. The van der Waals surface area contributed by atoms with Gasteiger partial charge in [0.1, 0.15) is 21.5 Å². The van der Waals surface area contributed by atoms with E-state index in [4.69, 9.17) is 15.5 Å². The average molecular weight is 575 g/mol. The van der Waals surface area contributed by atoms with E-state index >= 15 is 0 Å². The predicted molar refractivity (Wildman–Crippen MR) is 158 cm³/mol. The second-order valence-electron chi connectivity index (χ2n) is 8.66. The second-order valence-corrected chi connectivity index (χ2v) is 10.5. The third-order valence-corrected chi connectivity index (χ3v) is 7.89. The Bertz CT molecular complexity index is 1660. The number of carbonyl (C=O) groups excluding carboxylic acids is 2. The standard InChI is InChI=1S/C27H26N8O3S2/c1-35-15-29-13-19(35)9-10-30-26(37)34-27-33-23(28)22(40-27)25-32-21(14-39-25)16-5-3-7-18(11-16)31-24(36)17-6-4-8-20(12-17)38-2/h3-8,11-15H,9-10,28H2,1-2H3,(H,31,36)(H2,30,33,34,37). The SMILES string of the molecule is COc1cccc(C(=O)Nc2cccc(-c3csc(-c4sc(NC(=O)NCCc5cncn5C)nc4N)n3)c2)c1. The Balaban J connectivity index is 1.23. The highest BCUT2D eigenvalue weighted by Gasteiger charge is 2.17. The molecule has 0 fully saturated rings. The van der Waals surface area contributed by atoms with Crippen molar-refractivity contribution in [1.29, 1.82) is 0 Å². The number of nitrogens with zero attached hydrogens (tertiary/aromatic N) is 4. The minimum atomic E-state index is -0.366. The Morgan fingerprint density at radius 3 is 2.75 bits per heavy atom. The monoisotopic (exact) mass is 574 g/mol. The summed E-state index contributed by atoms with van der Waals surface area (Å²) in [5, 5.41) is 11.4. The number of hydrogen-bond acceptors (Lipinski definition) is 9. The first-order valence-electron chi connectivity index (χ1n) is 12.2. The van der Waals surface area contributed by atoms with Crippen LogP contribution in [0.25, 0.3) is 21.1 Å². The lowest BCUT2D eigenvalue weighted by molar-refractivity contribution is 0.102. The van der Waals surface area contributed by atoms with Crippen LogP contribution in [-0.2, 0) is 13.5 Å². The Kier molecular flexibility index (Phi) is 8.03. The van der Waals surface area contributed by atoms with E-state index < -0.39 is 0 Å². The van der Waals surface area contributed by atoms with E-state index in [0.717, 1.165) is 17.0 Å². The van der Waals surface area contributed by atoms with Gasteiger partial charge in [0.15, 0.2) is 5.13 Å². The van der Waals surface area contributed by atoms with Gasteiger partial charge in [-0.15, -0.1) is 11.3 Å². The van der Waals surface area contributed by atoms with Crippen molar-refractivity contribution in [1.82, 2.24) is 24.8 Å².